The SMILES string of the molecule is Cc1cc(N)c2nc(-c3ccc4[nH]c(=O)oc4c3)c(C)n2c1. The van der Waals surface area contributed by atoms with E-state index < -0.39 is 5.76 Å². The van der Waals surface area contributed by atoms with Crippen LogP contribution in [0.3, 0.4) is 0 Å². The average Bonchev–Trinajstić information content (AvgIpc) is 2.98. The summed E-state index contributed by atoms with van der Waals surface area (Å²) in [5.41, 5.74) is 12.4. The molecule has 0 spiro atoms. The van der Waals surface area contributed by atoms with Crippen LogP contribution in [0.2, 0.25) is 0 Å². The summed E-state index contributed by atoms with van der Waals surface area (Å²) in [4.78, 5) is 18.5. The van der Waals surface area contributed by atoms with Crippen LogP contribution in [0.1, 0.15) is 11.3 Å². The Labute approximate surface area is 125 Å². The van der Waals surface area contributed by atoms with Crippen LogP contribution >= 0.6 is 0 Å². The number of aromatic amines is 1. The lowest BCUT2D eigenvalue weighted by Gasteiger charge is -2.02. The fourth-order valence-electron chi connectivity index (χ4n) is 2.79. The number of hydrogen-bond acceptors (Lipinski definition) is 4. The van der Waals surface area contributed by atoms with Gasteiger partial charge in [-0.2, -0.15) is 0 Å². The minimum Gasteiger partial charge on any atom is -0.408 e. The molecule has 0 atom stereocenters. The van der Waals surface area contributed by atoms with E-state index in [4.69, 9.17) is 10.2 Å². The number of anilines is 1. The van der Waals surface area contributed by atoms with Crippen LogP contribution < -0.4 is 11.5 Å². The lowest BCUT2D eigenvalue weighted by Crippen LogP contribution is -1.95. The van der Waals surface area contributed by atoms with Crippen molar-refractivity contribution < 1.29 is 4.42 Å². The van der Waals surface area contributed by atoms with Gasteiger partial charge in [0.15, 0.2) is 11.2 Å². The fourth-order valence-corrected chi connectivity index (χ4v) is 2.79. The lowest BCUT2D eigenvalue weighted by molar-refractivity contribution is 0.555. The molecular weight excluding hydrogens is 280 g/mol. The molecule has 0 aliphatic heterocycles. The molecule has 1 aromatic carbocycles. The van der Waals surface area contributed by atoms with E-state index in [2.05, 4.69) is 9.97 Å². The van der Waals surface area contributed by atoms with E-state index in [1.165, 1.54) is 0 Å². The maximum atomic E-state index is 11.3. The maximum absolute atomic E-state index is 11.3. The number of hydrogen-bond donors (Lipinski definition) is 2. The molecule has 4 rings (SSSR count). The second-order valence-electron chi connectivity index (χ2n) is 5.44. The Morgan fingerprint density at radius 3 is 2.91 bits per heavy atom. The van der Waals surface area contributed by atoms with Crippen molar-refractivity contribution in [3.05, 3.63) is 52.3 Å². The van der Waals surface area contributed by atoms with E-state index in [1.54, 1.807) is 0 Å². The van der Waals surface area contributed by atoms with Crippen LogP contribution in [-0.4, -0.2) is 14.4 Å². The summed E-state index contributed by atoms with van der Waals surface area (Å²) in [6, 6.07) is 7.43. The average molecular weight is 294 g/mol. The summed E-state index contributed by atoms with van der Waals surface area (Å²) in [5, 5.41) is 0. The van der Waals surface area contributed by atoms with Gasteiger partial charge in [0.25, 0.3) is 0 Å². The number of rotatable bonds is 1. The van der Waals surface area contributed by atoms with Crippen molar-refractivity contribution in [3.8, 4) is 11.3 Å². The second kappa shape index (κ2) is 4.24. The summed E-state index contributed by atoms with van der Waals surface area (Å²) in [7, 11) is 0. The van der Waals surface area contributed by atoms with Gasteiger partial charge in [0.05, 0.1) is 16.9 Å². The molecule has 0 fully saturated rings. The molecule has 22 heavy (non-hydrogen) atoms. The van der Waals surface area contributed by atoms with Crippen LogP contribution in [0, 0.1) is 13.8 Å². The Kier molecular flexibility index (Phi) is 2.45. The second-order valence-corrected chi connectivity index (χ2v) is 5.44. The summed E-state index contributed by atoms with van der Waals surface area (Å²) < 4.78 is 7.10. The van der Waals surface area contributed by atoms with Gasteiger partial charge in [0.1, 0.15) is 0 Å². The highest BCUT2D eigenvalue weighted by Gasteiger charge is 2.14. The largest absolute Gasteiger partial charge is 0.417 e. The first-order valence-electron chi connectivity index (χ1n) is 6.91. The van der Waals surface area contributed by atoms with E-state index >= 15 is 0 Å². The number of H-pyrrole nitrogens is 1. The lowest BCUT2D eigenvalue weighted by atomic mass is 10.1. The number of oxazole rings is 1. The molecule has 0 radical (unpaired) electrons. The van der Waals surface area contributed by atoms with E-state index in [0.717, 1.165) is 28.2 Å². The van der Waals surface area contributed by atoms with Crippen molar-refractivity contribution in [2.45, 2.75) is 13.8 Å². The fraction of sp³-hybridized carbons (Fsp3) is 0.125. The van der Waals surface area contributed by atoms with Gasteiger partial charge < -0.3 is 14.6 Å². The molecule has 0 aliphatic carbocycles. The molecule has 3 aromatic heterocycles. The van der Waals surface area contributed by atoms with Gasteiger partial charge in [0, 0.05) is 17.5 Å². The molecular formula is C16H14N4O2. The summed E-state index contributed by atoms with van der Waals surface area (Å²) in [6.45, 7) is 3.99. The van der Waals surface area contributed by atoms with E-state index in [-0.39, 0.29) is 0 Å². The van der Waals surface area contributed by atoms with Crippen molar-refractivity contribution in [2.75, 3.05) is 5.73 Å². The van der Waals surface area contributed by atoms with Crippen molar-refractivity contribution in [2.24, 2.45) is 0 Å². The quantitative estimate of drug-likeness (QED) is 0.564. The minimum absolute atomic E-state index is 0.459. The van der Waals surface area contributed by atoms with Crippen molar-refractivity contribution in [3.63, 3.8) is 0 Å². The molecule has 0 aliphatic rings. The maximum Gasteiger partial charge on any atom is 0.417 e. The molecule has 3 heterocycles. The highest BCUT2D eigenvalue weighted by molar-refractivity contribution is 5.81. The first-order valence-corrected chi connectivity index (χ1v) is 6.91. The van der Waals surface area contributed by atoms with Gasteiger partial charge in [-0.3, -0.25) is 4.98 Å². The van der Waals surface area contributed by atoms with Gasteiger partial charge in [-0.25, -0.2) is 9.78 Å². The Bertz CT molecular complexity index is 1080. The van der Waals surface area contributed by atoms with E-state index in [9.17, 15) is 4.79 Å². The molecule has 0 saturated heterocycles. The number of nitrogens with one attached hydrogen (secondary N) is 1. The topological polar surface area (TPSA) is 89.3 Å². The van der Waals surface area contributed by atoms with E-state index in [1.807, 2.05) is 48.7 Å². The normalized spacial score (nSPS) is 11.5. The standard InChI is InChI=1S/C16H14N4O2/c1-8-5-11(17)15-19-14(9(2)20(15)7-8)10-3-4-12-13(6-10)22-16(21)18-12/h3-7H,17H2,1-2H3,(H,18,21). The van der Waals surface area contributed by atoms with Crippen LogP contribution in [0.5, 0.6) is 0 Å². The number of fused-ring (bicyclic) bond motifs is 2. The Balaban J connectivity index is 2.01. The predicted octanol–water partition coefficient (Wildman–Crippen LogP) is 2.63. The molecule has 4 aromatic rings. The number of aryl methyl sites for hydroxylation is 2. The predicted molar refractivity (Wildman–Crippen MR) is 84.9 cm³/mol. The van der Waals surface area contributed by atoms with Crippen molar-refractivity contribution >= 4 is 22.4 Å². The van der Waals surface area contributed by atoms with Crippen LogP contribution in [0.15, 0.2) is 39.7 Å². The molecule has 6 nitrogen and oxygen atoms in total. The number of benzene rings is 1. The smallest absolute Gasteiger partial charge is 0.408 e. The Morgan fingerprint density at radius 1 is 1.27 bits per heavy atom. The van der Waals surface area contributed by atoms with Crippen molar-refractivity contribution in [1.82, 2.24) is 14.4 Å². The van der Waals surface area contributed by atoms with Crippen LogP contribution in [0.25, 0.3) is 28.0 Å². The summed E-state index contributed by atoms with van der Waals surface area (Å²) in [6.07, 6.45) is 2.01. The molecule has 6 heteroatoms. The molecule has 3 N–H and O–H groups in total. The Hall–Kier alpha value is -3.02. The van der Waals surface area contributed by atoms with Crippen LogP contribution in [0.4, 0.5) is 5.69 Å². The van der Waals surface area contributed by atoms with Gasteiger partial charge >= 0.3 is 5.76 Å². The third-order valence-corrected chi connectivity index (χ3v) is 3.82. The van der Waals surface area contributed by atoms with Gasteiger partial charge in [-0.05, 0) is 37.6 Å². The first-order chi connectivity index (χ1) is 10.5. The summed E-state index contributed by atoms with van der Waals surface area (Å²) >= 11 is 0. The molecule has 0 unspecified atom stereocenters. The zero-order valence-electron chi connectivity index (χ0n) is 12.2. The number of pyridine rings is 1. The number of nitrogens with two attached hydrogens (primary N) is 1. The molecule has 0 amide bonds. The number of nitrogen functional groups attached to an aromatic ring is 1. The molecule has 0 saturated carbocycles. The zero-order chi connectivity index (χ0) is 15.4. The molecule has 0 bridgehead atoms. The Morgan fingerprint density at radius 2 is 2.09 bits per heavy atom. The summed E-state index contributed by atoms with van der Waals surface area (Å²) in [5.74, 6) is -0.459. The monoisotopic (exact) mass is 294 g/mol. The third-order valence-electron chi connectivity index (χ3n) is 3.82. The minimum atomic E-state index is -0.459. The third kappa shape index (κ3) is 1.74. The van der Waals surface area contributed by atoms with E-state index in [0.29, 0.717) is 16.8 Å². The highest BCUT2D eigenvalue weighted by Crippen LogP contribution is 2.28. The zero-order valence-corrected chi connectivity index (χ0v) is 12.2. The van der Waals surface area contributed by atoms with Gasteiger partial charge in [-0.1, -0.05) is 6.07 Å². The number of imidazole rings is 1. The molecule has 110 valence electrons. The highest BCUT2D eigenvalue weighted by atomic mass is 16.4. The number of aromatic nitrogens is 3. The first kappa shape index (κ1) is 12.7. The van der Waals surface area contributed by atoms with Crippen LogP contribution in [-0.2, 0) is 0 Å². The van der Waals surface area contributed by atoms with Gasteiger partial charge in [-0.15, -0.1) is 0 Å². The van der Waals surface area contributed by atoms with Crippen molar-refractivity contribution in [1.29, 1.82) is 0 Å². The van der Waals surface area contributed by atoms with Gasteiger partial charge in [0.2, 0.25) is 0 Å². The number of nitrogens with zero attached hydrogens (tertiary/aromatic N) is 2.